The van der Waals surface area contributed by atoms with Crippen LogP contribution >= 0.6 is 0 Å². The van der Waals surface area contributed by atoms with Crippen molar-refractivity contribution in [2.24, 2.45) is 0 Å². The van der Waals surface area contributed by atoms with E-state index in [4.69, 9.17) is 52.8 Å². The van der Waals surface area contributed by atoms with Crippen molar-refractivity contribution in [3.63, 3.8) is 0 Å². The summed E-state index contributed by atoms with van der Waals surface area (Å²) in [5, 5.41) is 14.6. The summed E-state index contributed by atoms with van der Waals surface area (Å²) in [5.41, 5.74) is 5.24. The van der Waals surface area contributed by atoms with E-state index in [9.17, 15) is 0 Å². The Bertz CT molecular complexity index is 1310. The van der Waals surface area contributed by atoms with Crippen molar-refractivity contribution >= 4 is 0 Å². The van der Waals surface area contributed by atoms with E-state index in [-0.39, 0.29) is 17.1 Å². The molecule has 0 N–H and O–H groups in total. The van der Waals surface area contributed by atoms with Crippen LogP contribution in [-0.4, -0.2) is 19.9 Å². The predicted octanol–water partition coefficient (Wildman–Crippen LogP) is -3.71. The maximum Gasteiger partial charge on any atom is 3.00 e. The van der Waals surface area contributed by atoms with Crippen LogP contribution in [0.15, 0.2) is 97.3 Å². The Morgan fingerprint density at radius 1 is 0.578 bits per heavy atom. The second kappa shape index (κ2) is 24.7. The molecule has 1 aromatic carbocycles. The summed E-state index contributed by atoms with van der Waals surface area (Å²) in [6.45, 7) is 5.08. The molecule has 14 nitrogen and oxygen atoms in total. The summed E-state index contributed by atoms with van der Waals surface area (Å²) >= 11 is 0. The number of rotatable bonds is 7. The van der Waals surface area contributed by atoms with Crippen molar-refractivity contribution in [1.29, 1.82) is 10.5 Å². The van der Waals surface area contributed by atoms with Gasteiger partial charge in [0.25, 0.3) is 0 Å². The van der Waals surface area contributed by atoms with Crippen molar-refractivity contribution in [3.05, 3.63) is 114 Å². The molecule has 0 amide bonds. The van der Waals surface area contributed by atoms with Gasteiger partial charge in [0.2, 0.25) is 0 Å². The SMILES string of the molecule is CC#N.CC#N.[Fe+3].[O-][Cl+3]([O-])([O-])[O-].[O-][Cl+3]([O-])([O-])[O-].c1ccc(-c2cccc(CN(Cc3ccccn3)Cc3ccccn3)n2)cc1. The van der Waals surface area contributed by atoms with E-state index in [0.717, 1.165) is 48.0 Å². The smallest absolute Gasteiger partial charge is 0.286 e. The van der Waals surface area contributed by atoms with Crippen LogP contribution in [0.3, 0.4) is 0 Å². The molecule has 45 heavy (non-hydrogen) atoms. The summed E-state index contributed by atoms with van der Waals surface area (Å²) in [6.07, 6.45) is 3.67. The van der Waals surface area contributed by atoms with Gasteiger partial charge in [0.05, 0.1) is 34.9 Å². The van der Waals surface area contributed by atoms with Crippen LogP contribution in [0, 0.1) is 43.1 Å². The van der Waals surface area contributed by atoms with Gasteiger partial charge in [0, 0.05) is 51.4 Å². The van der Waals surface area contributed by atoms with E-state index in [2.05, 4.69) is 57.3 Å². The summed E-state index contributed by atoms with van der Waals surface area (Å²) in [5.74, 6) is 0. The van der Waals surface area contributed by atoms with Crippen molar-refractivity contribution in [2.75, 3.05) is 0 Å². The normalized spacial score (nSPS) is 9.80. The molecule has 0 aliphatic heterocycles. The molecular formula is C28H28Cl2FeN6O8+. The van der Waals surface area contributed by atoms with Crippen molar-refractivity contribution < 1.29 is 74.8 Å². The van der Waals surface area contributed by atoms with E-state index in [1.165, 1.54) is 13.8 Å². The number of nitriles is 2. The number of benzene rings is 1. The first-order valence-corrected chi connectivity index (χ1v) is 14.6. The molecule has 17 heteroatoms. The van der Waals surface area contributed by atoms with Crippen LogP contribution in [0.2, 0.25) is 0 Å². The Morgan fingerprint density at radius 2 is 0.933 bits per heavy atom. The number of hydrogen-bond acceptors (Lipinski definition) is 14. The van der Waals surface area contributed by atoms with Crippen LogP contribution in [-0.2, 0) is 36.7 Å². The number of aromatic nitrogens is 3. The van der Waals surface area contributed by atoms with Gasteiger partial charge in [-0.2, -0.15) is 10.5 Å². The van der Waals surface area contributed by atoms with E-state index in [1.54, 1.807) is 12.1 Å². The third kappa shape index (κ3) is 27.7. The molecule has 3 heterocycles. The fraction of sp³-hybridized carbons (Fsp3) is 0.179. The maximum atomic E-state index is 8.49. The first kappa shape index (κ1) is 43.5. The zero-order chi connectivity index (χ0) is 33.4. The molecule has 0 atom stereocenters. The first-order valence-electron chi connectivity index (χ1n) is 12.1. The summed E-state index contributed by atoms with van der Waals surface area (Å²) in [6, 6.07) is 32.0. The van der Waals surface area contributed by atoms with Gasteiger partial charge in [-0.3, -0.25) is 19.9 Å². The standard InChI is InChI=1S/C24H22N4.2C2H3N.2ClHO4.Fe/c1-2-9-20(10-3-1)24-14-8-13-23(27-24)19-28(17-21-11-4-6-15-25-21)18-22-12-5-7-16-26-22;2*1-2-3;2*2-1(3,4)5;/h1-16H,17-19H2;2*1H3;2*(H,2,3,4,5);/q;;;;;+3/p-2. The van der Waals surface area contributed by atoms with Gasteiger partial charge >= 0.3 is 17.1 Å². The minimum Gasteiger partial charge on any atom is -0.286 e. The first-order chi connectivity index (χ1) is 20.7. The third-order valence-corrected chi connectivity index (χ3v) is 4.49. The molecule has 0 fully saturated rings. The number of halogens is 2. The van der Waals surface area contributed by atoms with Crippen molar-refractivity contribution in [3.8, 4) is 23.4 Å². The van der Waals surface area contributed by atoms with E-state index in [1.807, 2.05) is 54.9 Å². The summed E-state index contributed by atoms with van der Waals surface area (Å²) in [4.78, 5) is 16.2. The average molecular weight is 703 g/mol. The second-order valence-corrected chi connectivity index (χ2v) is 9.38. The third-order valence-electron chi connectivity index (χ3n) is 4.49. The number of pyridine rings is 3. The van der Waals surface area contributed by atoms with Gasteiger partial charge in [0.1, 0.15) is 0 Å². The fourth-order valence-corrected chi connectivity index (χ4v) is 3.18. The van der Waals surface area contributed by atoms with Gasteiger partial charge in [-0.25, -0.2) is 37.3 Å². The maximum absolute atomic E-state index is 8.49. The number of nitrogens with zero attached hydrogens (tertiary/aromatic N) is 6. The van der Waals surface area contributed by atoms with Crippen LogP contribution in [0.4, 0.5) is 0 Å². The zero-order valence-corrected chi connectivity index (χ0v) is 26.5. The molecule has 0 aliphatic carbocycles. The molecule has 0 unspecified atom stereocenters. The molecule has 4 rings (SSSR count). The summed E-state index contributed by atoms with van der Waals surface area (Å²) in [7, 11) is -9.89. The van der Waals surface area contributed by atoms with Crippen LogP contribution in [0.25, 0.3) is 11.3 Å². The Balaban J connectivity index is 0. The van der Waals surface area contributed by atoms with E-state index < -0.39 is 20.5 Å². The van der Waals surface area contributed by atoms with Gasteiger partial charge in [-0.15, -0.1) is 20.5 Å². The molecule has 0 bridgehead atoms. The molecular weight excluding hydrogens is 675 g/mol. The molecule has 0 spiro atoms. The largest absolute Gasteiger partial charge is 3.00 e. The Labute approximate surface area is 275 Å². The Kier molecular flexibility index (Phi) is 23.9. The zero-order valence-electron chi connectivity index (χ0n) is 23.9. The molecule has 0 aliphatic rings. The van der Waals surface area contributed by atoms with Gasteiger partial charge < -0.3 is 0 Å². The van der Waals surface area contributed by atoms with E-state index >= 15 is 0 Å². The Hall–Kier alpha value is -3.61. The Morgan fingerprint density at radius 3 is 1.31 bits per heavy atom. The van der Waals surface area contributed by atoms with Gasteiger partial charge in [-0.1, -0.05) is 48.5 Å². The van der Waals surface area contributed by atoms with Gasteiger partial charge in [-0.05, 0) is 36.4 Å². The predicted molar refractivity (Wildman–Crippen MR) is 134 cm³/mol. The molecule has 0 saturated heterocycles. The second-order valence-electron chi connectivity index (χ2n) is 7.87. The molecule has 4 aromatic rings. The monoisotopic (exact) mass is 702 g/mol. The molecule has 239 valence electrons. The van der Waals surface area contributed by atoms with Gasteiger partial charge in [0.15, 0.2) is 0 Å². The number of hydrogen-bond donors (Lipinski definition) is 0. The summed E-state index contributed by atoms with van der Waals surface area (Å²) < 4.78 is 67.9. The molecule has 0 saturated carbocycles. The van der Waals surface area contributed by atoms with Crippen LogP contribution in [0.1, 0.15) is 30.9 Å². The minimum absolute atomic E-state index is 0. The van der Waals surface area contributed by atoms with Crippen molar-refractivity contribution in [2.45, 2.75) is 33.5 Å². The van der Waals surface area contributed by atoms with Crippen molar-refractivity contribution in [1.82, 2.24) is 19.9 Å². The van der Waals surface area contributed by atoms with E-state index in [0.29, 0.717) is 0 Å². The quantitative estimate of drug-likeness (QED) is 0.168. The molecule has 1 radical (unpaired) electrons. The topological polar surface area (TPSA) is 274 Å². The average Bonchev–Trinajstić information content (AvgIpc) is 2.94. The molecule has 3 aromatic heterocycles. The van der Waals surface area contributed by atoms with Crippen LogP contribution in [0.5, 0.6) is 0 Å². The fourth-order valence-electron chi connectivity index (χ4n) is 3.18. The minimum atomic E-state index is -4.94. The van der Waals surface area contributed by atoms with Crippen LogP contribution < -0.4 is 37.3 Å².